The van der Waals surface area contributed by atoms with Crippen LogP contribution in [0.3, 0.4) is 0 Å². The Morgan fingerprint density at radius 2 is 1.56 bits per heavy atom. The molecular weight excluding hydrogens is 632 g/mol. The van der Waals surface area contributed by atoms with Gasteiger partial charge in [-0.3, -0.25) is 4.99 Å². The predicted molar refractivity (Wildman–Crippen MR) is 173 cm³/mol. The average Bonchev–Trinajstić information content (AvgIpc) is 2.95. The van der Waals surface area contributed by atoms with E-state index in [4.69, 9.17) is 34.2 Å². The maximum Gasteiger partial charge on any atom is 0.407 e. The first-order valence-electron chi connectivity index (χ1n) is 16.7. The van der Waals surface area contributed by atoms with E-state index in [0.717, 1.165) is 0 Å². The second-order valence-electron chi connectivity index (χ2n) is 15.4. The number of amides is 2. The molecule has 6 unspecified atom stereocenters. The molecule has 2 amide bonds. The quantitative estimate of drug-likeness (QED) is 0.132. The molecule has 12 atom stereocenters. The maximum absolute atomic E-state index is 13.0. The van der Waals surface area contributed by atoms with Gasteiger partial charge in [0, 0.05) is 18.4 Å². The molecule has 48 heavy (non-hydrogen) atoms. The molecule has 16 heteroatoms. The molecule has 3 aliphatic rings. The minimum atomic E-state index is -1.50. The van der Waals surface area contributed by atoms with Gasteiger partial charge < -0.3 is 65.2 Å². The second-order valence-corrected chi connectivity index (χ2v) is 15.4. The van der Waals surface area contributed by atoms with Crippen molar-refractivity contribution in [2.75, 3.05) is 19.8 Å². The number of nitrogens with two attached hydrogens (primary N) is 1. The Kier molecular flexibility index (Phi) is 13.5. The molecule has 2 heterocycles. The molecule has 3 fully saturated rings. The number of hydrogen-bond donors (Lipinski definition) is 7. The van der Waals surface area contributed by atoms with E-state index in [2.05, 4.69) is 15.6 Å². The van der Waals surface area contributed by atoms with E-state index in [-0.39, 0.29) is 31.3 Å². The van der Waals surface area contributed by atoms with Crippen molar-refractivity contribution in [3.8, 4) is 0 Å². The molecule has 278 valence electrons. The molecular formula is C32H58N4O12. The Bertz CT molecular complexity index is 1110. The molecule has 3 rings (SSSR count). The van der Waals surface area contributed by atoms with Gasteiger partial charge in [0.25, 0.3) is 0 Å². The van der Waals surface area contributed by atoms with Gasteiger partial charge in [-0.25, -0.2) is 9.59 Å². The molecule has 0 spiro atoms. The van der Waals surface area contributed by atoms with Crippen molar-refractivity contribution < 1.29 is 58.4 Å². The van der Waals surface area contributed by atoms with Gasteiger partial charge in [0.2, 0.25) is 0 Å². The molecule has 0 aromatic rings. The lowest BCUT2D eigenvalue weighted by atomic mass is 9.82. The van der Waals surface area contributed by atoms with Crippen LogP contribution in [0, 0.1) is 11.8 Å². The Hall–Kier alpha value is -2.31. The van der Waals surface area contributed by atoms with Crippen LogP contribution in [0.5, 0.6) is 0 Å². The third-order valence-corrected chi connectivity index (χ3v) is 8.64. The Morgan fingerprint density at radius 3 is 2.17 bits per heavy atom. The lowest BCUT2D eigenvalue weighted by molar-refractivity contribution is -0.315. The third-order valence-electron chi connectivity index (χ3n) is 8.64. The first kappa shape index (κ1) is 40.1. The van der Waals surface area contributed by atoms with Crippen molar-refractivity contribution in [3.63, 3.8) is 0 Å². The first-order chi connectivity index (χ1) is 22.1. The van der Waals surface area contributed by atoms with Crippen LogP contribution in [0.1, 0.15) is 81.6 Å². The van der Waals surface area contributed by atoms with E-state index in [1.54, 1.807) is 55.4 Å². The van der Waals surface area contributed by atoms with Crippen LogP contribution < -0.4 is 16.4 Å². The number of carbonyl (C=O) groups excluding carboxylic acids is 2. The SMILES string of the molecule is CC1CC[C@@H](CNC(=O)OC(C)(C)C)O[C@@H]1OC1C(O)C(O[C@H]2OCC(C)(O)[C@H](C)C2O)[C@H](N=C(N)CO)C[C@@H]1NC(=O)OC(C)(C)C. The minimum Gasteiger partial charge on any atom is -0.444 e. The van der Waals surface area contributed by atoms with E-state index < -0.39 is 96.7 Å². The fourth-order valence-electron chi connectivity index (χ4n) is 5.83. The third kappa shape index (κ3) is 11.4. The van der Waals surface area contributed by atoms with E-state index in [1.165, 1.54) is 0 Å². The van der Waals surface area contributed by atoms with Crippen molar-refractivity contribution >= 4 is 18.0 Å². The molecule has 1 saturated carbocycles. The summed E-state index contributed by atoms with van der Waals surface area (Å²) in [5.41, 5.74) is 3.10. The number of aliphatic hydroxyl groups is 4. The van der Waals surface area contributed by atoms with E-state index in [9.17, 15) is 30.0 Å². The average molecular weight is 691 g/mol. The largest absolute Gasteiger partial charge is 0.444 e. The molecule has 2 aliphatic heterocycles. The van der Waals surface area contributed by atoms with E-state index in [1.807, 2.05) is 6.92 Å². The number of aliphatic hydroxyl groups excluding tert-OH is 3. The van der Waals surface area contributed by atoms with Gasteiger partial charge in [0.1, 0.15) is 48.1 Å². The van der Waals surface area contributed by atoms with Crippen molar-refractivity contribution in [2.24, 2.45) is 22.6 Å². The maximum atomic E-state index is 13.0. The topological polar surface area (TPSA) is 233 Å². The first-order valence-corrected chi connectivity index (χ1v) is 16.7. The Morgan fingerprint density at radius 1 is 0.958 bits per heavy atom. The molecule has 0 aromatic carbocycles. The second kappa shape index (κ2) is 16.1. The lowest BCUT2D eigenvalue weighted by Gasteiger charge is -2.48. The highest BCUT2D eigenvalue weighted by Gasteiger charge is 2.52. The summed E-state index contributed by atoms with van der Waals surface area (Å²) in [7, 11) is 0. The van der Waals surface area contributed by atoms with Crippen LogP contribution in [-0.2, 0) is 28.4 Å². The van der Waals surface area contributed by atoms with Crippen molar-refractivity contribution in [1.82, 2.24) is 10.6 Å². The van der Waals surface area contributed by atoms with E-state index in [0.29, 0.717) is 12.8 Å². The van der Waals surface area contributed by atoms with Gasteiger partial charge in [0.05, 0.1) is 30.4 Å². The normalized spacial score (nSPS) is 38.2. The van der Waals surface area contributed by atoms with E-state index >= 15 is 0 Å². The van der Waals surface area contributed by atoms with Gasteiger partial charge in [0.15, 0.2) is 12.6 Å². The van der Waals surface area contributed by atoms with Gasteiger partial charge in [-0.05, 0) is 67.7 Å². The molecule has 0 radical (unpaired) electrons. The minimum absolute atomic E-state index is 0.0210. The Labute approximate surface area is 283 Å². The van der Waals surface area contributed by atoms with Gasteiger partial charge >= 0.3 is 12.2 Å². The highest BCUT2D eigenvalue weighted by Crippen LogP contribution is 2.36. The van der Waals surface area contributed by atoms with Gasteiger partial charge in [-0.2, -0.15) is 0 Å². The molecule has 0 aromatic heterocycles. The van der Waals surface area contributed by atoms with Gasteiger partial charge in [-0.1, -0.05) is 13.8 Å². The van der Waals surface area contributed by atoms with Crippen LogP contribution >= 0.6 is 0 Å². The predicted octanol–water partition coefficient (Wildman–Crippen LogP) is 0.903. The molecule has 8 N–H and O–H groups in total. The monoisotopic (exact) mass is 690 g/mol. The fraction of sp³-hybridized carbons (Fsp3) is 0.906. The fourth-order valence-corrected chi connectivity index (χ4v) is 5.83. The highest BCUT2D eigenvalue weighted by molar-refractivity contribution is 5.81. The van der Waals surface area contributed by atoms with Crippen LogP contribution in [0.4, 0.5) is 9.59 Å². The number of carbonyl (C=O) groups is 2. The summed E-state index contributed by atoms with van der Waals surface area (Å²) >= 11 is 0. The molecule has 2 saturated heterocycles. The van der Waals surface area contributed by atoms with Crippen LogP contribution in [0.25, 0.3) is 0 Å². The zero-order chi connectivity index (χ0) is 36.2. The summed E-state index contributed by atoms with van der Waals surface area (Å²) < 4.78 is 35.4. The summed E-state index contributed by atoms with van der Waals surface area (Å²) in [5.74, 6) is -0.913. The highest BCUT2D eigenvalue weighted by atomic mass is 16.7. The summed E-state index contributed by atoms with van der Waals surface area (Å²) in [6, 6.07) is -1.83. The Balaban J connectivity index is 1.88. The summed E-state index contributed by atoms with van der Waals surface area (Å²) in [4.78, 5) is 29.6. The molecule has 16 nitrogen and oxygen atoms in total. The van der Waals surface area contributed by atoms with Crippen LogP contribution in [-0.4, -0.2) is 130 Å². The number of nitrogens with zero attached hydrogens (tertiary/aromatic N) is 1. The number of alkyl carbamates (subject to hydrolysis) is 2. The van der Waals surface area contributed by atoms with Crippen LogP contribution in [0.15, 0.2) is 4.99 Å². The number of rotatable bonds is 9. The number of hydrogen-bond acceptors (Lipinski definition) is 13. The summed E-state index contributed by atoms with van der Waals surface area (Å²) in [5, 5.41) is 48.7. The zero-order valence-corrected chi connectivity index (χ0v) is 29.7. The number of aliphatic imine (C=N–C) groups is 1. The summed E-state index contributed by atoms with van der Waals surface area (Å²) in [6.07, 6.45) is -7.65. The summed E-state index contributed by atoms with van der Waals surface area (Å²) in [6.45, 7) is 15.0. The molecule has 0 bridgehead atoms. The lowest BCUT2D eigenvalue weighted by Crippen LogP contribution is -2.65. The molecule has 1 aliphatic carbocycles. The van der Waals surface area contributed by atoms with Crippen molar-refractivity contribution in [1.29, 1.82) is 0 Å². The zero-order valence-electron chi connectivity index (χ0n) is 29.7. The number of amidine groups is 1. The van der Waals surface area contributed by atoms with Gasteiger partial charge in [-0.15, -0.1) is 0 Å². The standard InChI is InChI=1S/C32H58N4O12/c1-16-10-11-18(13-34-28(40)47-30(3,4)5)44-26(16)45-25-20(36-29(41)48-31(6,7)8)12-19(35-21(33)14-37)24(23(25)39)46-27-22(38)17(2)32(9,42)15-43-27/h16-20,22-27,37-39,42H,10-15H2,1-9H3,(H2,33,35)(H,34,40)(H,36,41)/t16?,17-,18+,19-,20+,22?,23?,24?,25?,26-,27-,32?/m1/s1. The van der Waals surface area contributed by atoms with Crippen LogP contribution in [0.2, 0.25) is 0 Å². The van der Waals surface area contributed by atoms with Crippen molar-refractivity contribution in [2.45, 2.75) is 154 Å². The number of nitrogens with one attached hydrogen (secondary N) is 2. The van der Waals surface area contributed by atoms with Crippen molar-refractivity contribution in [3.05, 3.63) is 0 Å². The smallest absolute Gasteiger partial charge is 0.407 e. The number of ether oxygens (including phenoxy) is 6.